The summed E-state index contributed by atoms with van der Waals surface area (Å²) in [6.45, 7) is 0. The highest BCUT2D eigenvalue weighted by Crippen LogP contribution is 2.42. The molecule has 4 unspecified atom stereocenters. The first kappa shape index (κ1) is 18.1. The van der Waals surface area contributed by atoms with E-state index in [1.807, 2.05) is 66.7 Å². The van der Waals surface area contributed by atoms with Crippen molar-refractivity contribution in [3.8, 4) is 0 Å². The Morgan fingerprint density at radius 1 is 1.00 bits per heavy atom. The standard InChI is InChI=1S/C22H20N2O4/c25-19-17-16(12-11-14-7-3-1-4-8-14)24-22(21(27)28,18(17)20(26)23-19)13-15-9-5-2-6-10-15/h1-12,16-18,24H,13H2,(H,27,28)(H,23,25,26)/b12-11+. The van der Waals surface area contributed by atoms with E-state index < -0.39 is 41.2 Å². The first-order chi connectivity index (χ1) is 13.5. The average Bonchev–Trinajstić information content (AvgIpc) is 3.19. The summed E-state index contributed by atoms with van der Waals surface area (Å²) in [5.74, 6) is -3.82. The molecule has 4 atom stereocenters. The van der Waals surface area contributed by atoms with Crippen LogP contribution in [-0.2, 0) is 20.8 Å². The fourth-order valence-electron chi connectivity index (χ4n) is 4.27. The molecule has 2 aromatic carbocycles. The summed E-state index contributed by atoms with van der Waals surface area (Å²) < 4.78 is 0. The van der Waals surface area contributed by atoms with E-state index in [1.54, 1.807) is 6.08 Å². The third-order valence-corrected chi connectivity index (χ3v) is 5.54. The minimum atomic E-state index is -1.55. The summed E-state index contributed by atoms with van der Waals surface area (Å²) in [5.41, 5.74) is 0.172. The fourth-order valence-corrected chi connectivity index (χ4v) is 4.27. The molecule has 2 aliphatic heterocycles. The quantitative estimate of drug-likeness (QED) is 0.690. The Labute approximate surface area is 162 Å². The number of hydrogen-bond donors (Lipinski definition) is 3. The summed E-state index contributed by atoms with van der Waals surface area (Å²) in [6.07, 6.45) is 3.73. The molecule has 28 heavy (non-hydrogen) atoms. The van der Waals surface area contributed by atoms with Gasteiger partial charge in [-0.2, -0.15) is 0 Å². The first-order valence-electron chi connectivity index (χ1n) is 9.14. The lowest BCUT2D eigenvalue weighted by atomic mass is 9.76. The first-order valence-corrected chi connectivity index (χ1v) is 9.14. The zero-order valence-electron chi connectivity index (χ0n) is 15.0. The molecule has 4 rings (SSSR count). The van der Waals surface area contributed by atoms with Crippen LogP contribution in [0, 0.1) is 11.8 Å². The van der Waals surface area contributed by atoms with Crippen molar-refractivity contribution >= 4 is 23.9 Å². The predicted molar refractivity (Wildman–Crippen MR) is 103 cm³/mol. The molecular formula is C22H20N2O4. The van der Waals surface area contributed by atoms with Gasteiger partial charge in [0.1, 0.15) is 5.54 Å². The number of amides is 2. The van der Waals surface area contributed by atoms with Gasteiger partial charge in [0.15, 0.2) is 0 Å². The third-order valence-electron chi connectivity index (χ3n) is 5.54. The Morgan fingerprint density at radius 2 is 1.64 bits per heavy atom. The average molecular weight is 376 g/mol. The second kappa shape index (κ2) is 7.05. The number of benzene rings is 2. The van der Waals surface area contributed by atoms with Gasteiger partial charge < -0.3 is 5.11 Å². The van der Waals surface area contributed by atoms with Crippen molar-refractivity contribution in [2.75, 3.05) is 0 Å². The number of aliphatic carboxylic acids is 1. The van der Waals surface area contributed by atoms with E-state index in [2.05, 4.69) is 10.6 Å². The third kappa shape index (κ3) is 3.01. The van der Waals surface area contributed by atoms with Gasteiger partial charge in [-0.05, 0) is 11.1 Å². The lowest BCUT2D eigenvalue weighted by molar-refractivity contribution is -0.149. The van der Waals surface area contributed by atoms with Crippen LogP contribution in [0.3, 0.4) is 0 Å². The van der Waals surface area contributed by atoms with Crippen LogP contribution >= 0.6 is 0 Å². The lowest BCUT2D eigenvalue weighted by Gasteiger charge is -2.29. The molecule has 0 saturated carbocycles. The number of nitrogens with one attached hydrogen (secondary N) is 2. The Bertz CT molecular complexity index is 942. The van der Waals surface area contributed by atoms with E-state index in [9.17, 15) is 19.5 Å². The van der Waals surface area contributed by atoms with Crippen molar-refractivity contribution in [3.05, 3.63) is 77.9 Å². The molecule has 6 nitrogen and oxygen atoms in total. The smallest absolute Gasteiger partial charge is 0.325 e. The molecular weight excluding hydrogens is 356 g/mol. The Morgan fingerprint density at radius 3 is 2.29 bits per heavy atom. The molecule has 0 radical (unpaired) electrons. The van der Waals surface area contributed by atoms with E-state index in [4.69, 9.17) is 0 Å². The molecule has 0 aromatic heterocycles. The molecule has 2 heterocycles. The monoisotopic (exact) mass is 376 g/mol. The molecule has 142 valence electrons. The molecule has 2 aliphatic rings. The molecule has 0 bridgehead atoms. The highest BCUT2D eigenvalue weighted by molar-refractivity contribution is 6.09. The molecule has 3 N–H and O–H groups in total. The zero-order chi connectivity index (χ0) is 19.7. The maximum Gasteiger partial charge on any atom is 0.325 e. The number of hydrogen-bond acceptors (Lipinski definition) is 4. The second-order valence-corrected chi connectivity index (χ2v) is 7.24. The van der Waals surface area contributed by atoms with Crippen LogP contribution in [-0.4, -0.2) is 34.5 Å². The van der Waals surface area contributed by atoms with E-state index in [1.165, 1.54) is 0 Å². The largest absolute Gasteiger partial charge is 0.480 e. The molecule has 0 aliphatic carbocycles. The van der Waals surface area contributed by atoms with Crippen molar-refractivity contribution in [1.82, 2.24) is 10.6 Å². The minimum absolute atomic E-state index is 0.112. The summed E-state index contributed by atoms with van der Waals surface area (Å²) in [4.78, 5) is 37.4. The number of carbonyl (C=O) groups excluding carboxylic acids is 2. The van der Waals surface area contributed by atoms with E-state index in [0.717, 1.165) is 11.1 Å². The maximum absolute atomic E-state index is 12.5. The zero-order valence-corrected chi connectivity index (χ0v) is 15.0. The van der Waals surface area contributed by atoms with Crippen LogP contribution in [0.15, 0.2) is 66.7 Å². The predicted octanol–water partition coefficient (Wildman–Crippen LogP) is 1.63. The van der Waals surface area contributed by atoms with Crippen LogP contribution in [0.25, 0.3) is 6.08 Å². The van der Waals surface area contributed by atoms with Gasteiger partial charge in [-0.25, -0.2) is 0 Å². The van der Waals surface area contributed by atoms with Gasteiger partial charge >= 0.3 is 5.97 Å². The Balaban J connectivity index is 1.72. The summed E-state index contributed by atoms with van der Waals surface area (Å²) >= 11 is 0. The second-order valence-electron chi connectivity index (χ2n) is 7.24. The molecule has 2 saturated heterocycles. The normalized spacial score (nSPS) is 29.1. The number of carboxylic acid groups (broad SMARTS) is 1. The topological polar surface area (TPSA) is 95.5 Å². The van der Waals surface area contributed by atoms with Crippen molar-refractivity contribution in [2.45, 2.75) is 18.0 Å². The number of rotatable bonds is 5. The van der Waals surface area contributed by atoms with Crippen molar-refractivity contribution in [1.29, 1.82) is 0 Å². The van der Waals surface area contributed by atoms with Gasteiger partial charge in [0.25, 0.3) is 0 Å². The Hall–Kier alpha value is -3.25. The van der Waals surface area contributed by atoms with Gasteiger partial charge in [-0.3, -0.25) is 25.0 Å². The highest BCUT2D eigenvalue weighted by atomic mass is 16.4. The minimum Gasteiger partial charge on any atom is -0.480 e. The summed E-state index contributed by atoms with van der Waals surface area (Å²) in [5, 5.41) is 15.5. The number of fused-ring (bicyclic) bond motifs is 1. The SMILES string of the molecule is O=C1NC(=O)C2C1C(/C=C/c1ccccc1)NC2(Cc1ccccc1)C(=O)O. The summed E-state index contributed by atoms with van der Waals surface area (Å²) in [6, 6.07) is 18.1. The van der Waals surface area contributed by atoms with Crippen LogP contribution in [0.5, 0.6) is 0 Å². The van der Waals surface area contributed by atoms with Crippen LogP contribution < -0.4 is 10.6 Å². The molecule has 0 spiro atoms. The number of carbonyl (C=O) groups is 3. The van der Waals surface area contributed by atoms with Crippen LogP contribution in [0.2, 0.25) is 0 Å². The lowest BCUT2D eigenvalue weighted by Crippen LogP contribution is -2.57. The Kier molecular flexibility index (Phi) is 4.57. The molecule has 2 fully saturated rings. The van der Waals surface area contributed by atoms with Gasteiger partial charge in [-0.1, -0.05) is 72.8 Å². The van der Waals surface area contributed by atoms with Gasteiger partial charge in [0.2, 0.25) is 11.8 Å². The van der Waals surface area contributed by atoms with Crippen LogP contribution in [0.4, 0.5) is 0 Å². The van der Waals surface area contributed by atoms with Crippen molar-refractivity contribution in [3.63, 3.8) is 0 Å². The summed E-state index contributed by atoms with van der Waals surface area (Å²) in [7, 11) is 0. The number of imide groups is 1. The van der Waals surface area contributed by atoms with Crippen molar-refractivity contribution < 1.29 is 19.5 Å². The van der Waals surface area contributed by atoms with Gasteiger partial charge in [0, 0.05) is 12.5 Å². The van der Waals surface area contributed by atoms with Crippen molar-refractivity contribution in [2.24, 2.45) is 11.8 Å². The molecule has 6 heteroatoms. The maximum atomic E-state index is 12.5. The van der Waals surface area contributed by atoms with Gasteiger partial charge in [0.05, 0.1) is 11.8 Å². The van der Waals surface area contributed by atoms with Crippen LogP contribution in [0.1, 0.15) is 11.1 Å². The number of carboxylic acids is 1. The highest BCUT2D eigenvalue weighted by Gasteiger charge is 2.65. The van der Waals surface area contributed by atoms with Gasteiger partial charge in [-0.15, -0.1) is 0 Å². The van der Waals surface area contributed by atoms with E-state index in [-0.39, 0.29) is 6.42 Å². The fraction of sp³-hybridized carbons (Fsp3) is 0.227. The van der Waals surface area contributed by atoms with E-state index in [0.29, 0.717) is 0 Å². The molecule has 2 aromatic rings. The molecule has 2 amide bonds. The van der Waals surface area contributed by atoms with E-state index >= 15 is 0 Å².